The van der Waals surface area contributed by atoms with Gasteiger partial charge in [-0.15, -0.1) is 0 Å². The Morgan fingerprint density at radius 1 is 1.23 bits per heavy atom. The molecule has 1 aromatic carbocycles. The first-order chi connectivity index (χ1) is 6.24. The van der Waals surface area contributed by atoms with Crippen LogP contribution in [0.3, 0.4) is 0 Å². The van der Waals surface area contributed by atoms with E-state index < -0.39 is 6.10 Å². The van der Waals surface area contributed by atoms with Crippen LogP contribution >= 0.6 is 0 Å². The second kappa shape index (κ2) is 4.97. The maximum atomic E-state index is 9.16. The summed E-state index contributed by atoms with van der Waals surface area (Å²) in [6.07, 6.45) is -0.337. The molecule has 2 atom stereocenters. The minimum atomic E-state index is -0.727. The van der Waals surface area contributed by atoms with E-state index in [0.717, 1.165) is 5.56 Å². The van der Waals surface area contributed by atoms with E-state index in [1.54, 1.807) is 0 Å². The minimum Gasteiger partial charge on any atom is -0.394 e. The molecule has 0 aromatic heterocycles. The molecular weight excluding hydrogens is 166 g/mol. The number of hydrogen-bond donors (Lipinski definition) is 3. The fourth-order valence-electron chi connectivity index (χ4n) is 1.20. The third-order valence-electron chi connectivity index (χ3n) is 1.96. The molecule has 1 aromatic rings. The average Bonchev–Trinajstić information content (AvgIpc) is 2.19. The van der Waals surface area contributed by atoms with Crippen molar-refractivity contribution in [1.82, 2.24) is 0 Å². The molecule has 0 spiro atoms. The number of aliphatic hydroxyl groups excluding tert-OH is 2. The Hall–Kier alpha value is -0.900. The molecule has 0 aliphatic carbocycles. The molecule has 72 valence electrons. The van der Waals surface area contributed by atoms with Crippen molar-refractivity contribution in [2.45, 2.75) is 18.6 Å². The first kappa shape index (κ1) is 10.2. The summed E-state index contributed by atoms with van der Waals surface area (Å²) in [7, 11) is 0. The van der Waals surface area contributed by atoms with Crippen LogP contribution in [0.15, 0.2) is 30.3 Å². The van der Waals surface area contributed by atoms with Gasteiger partial charge in [0, 0.05) is 6.04 Å². The van der Waals surface area contributed by atoms with Gasteiger partial charge in [0.15, 0.2) is 0 Å². The van der Waals surface area contributed by atoms with Crippen LogP contribution in [-0.4, -0.2) is 22.9 Å². The van der Waals surface area contributed by atoms with Gasteiger partial charge in [0.1, 0.15) is 0 Å². The van der Waals surface area contributed by atoms with Crippen LogP contribution < -0.4 is 5.73 Å². The fraction of sp³-hybridized carbons (Fsp3) is 0.400. The highest BCUT2D eigenvalue weighted by atomic mass is 16.3. The van der Waals surface area contributed by atoms with Crippen molar-refractivity contribution in [1.29, 1.82) is 0 Å². The van der Waals surface area contributed by atoms with Crippen molar-refractivity contribution in [2.24, 2.45) is 5.73 Å². The second-order valence-corrected chi connectivity index (χ2v) is 3.09. The molecule has 1 rings (SSSR count). The molecule has 13 heavy (non-hydrogen) atoms. The fourth-order valence-corrected chi connectivity index (χ4v) is 1.20. The van der Waals surface area contributed by atoms with Crippen LogP contribution in [0.4, 0.5) is 0 Å². The normalized spacial score (nSPS) is 15.3. The number of hydrogen-bond acceptors (Lipinski definition) is 3. The van der Waals surface area contributed by atoms with Gasteiger partial charge in [0.05, 0.1) is 12.7 Å². The molecule has 3 heteroatoms. The molecule has 0 heterocycles. The summed E-state index contributed by atoms with van der Waals surface area (Å²) in [5, 5.41) is 17.8. The quantitative estimate of drug-likeness (QED) is 0.631. The maximum absolute atomic E-state index is 9.16. The zero-order valence-electron chi connectivity index (χ0n) is 7.43. The summed E-state index contributed by atoms with van der Waals surface area (Å²) < 4.78 is 0. The monoisotopic (exact) mass is 181 g/mol. The van der Waals surface area contributed by atoms with Crippen molar-refractivity contribution >= 4 is 0 Å². The van der Waals surface area contributed by atoms with E-state index in [4.69, 9.17) is 15.9 Å². The van der Waals surface area contributed by atoms with Gasteiger partial charge < -0.3 is 15.9 Å². The summed E-state index contributed by atoms with van der Waals surface area (Å²) >= 11 is 0. The number of rotatable bonds is 4. The molecule has 0 fully saturated rings. The highest BCUT2D eigenvalue weighted by Gasteiger charge is 2.10. The lowest BCUT2D eigenvalue weighted by Crippen LogP contribution is -2.21. The lowest BCUT2D eigenvalue weighted by atomic mass is 10.0. The van der Waals surface area contributed by atoms with E-state index in [0.29, 0.717) is 6.42 Å². The van der Waals surface area contributed by atoms with Crippen LogP contribution in [0.2, 0.25) is 0 Å². The molecule has 3 nitrogen and oxygen atoms in total. The van der Waals surface area contributed by atoms with E-state index in [1.165, 1.54) is 0 Å². The molecule has 0 amide bonds. The van der Waals surface area contributed by atoms with E-state index >= 15 is 0 Å². The summed E-state index contributed by atoms with van der Waals surface area (Å²) in [5.41, 5.74) is 6.78. The van der Waals surface area contributed by atoms with Gasteiger partial charge in [0.25, 0.3) is 0 Å². The van der Waals surface area contributed by atoms with Gasteiger partial charge in [-0.3, -0.25) is 0 Å². The molecule has 0 saturated carbocycles. The van der Waals surface area contributed by atoms with Gasteiger partial charge in [-0.25, -0.2) is 0 Å². The number of nitrogens with two attached hydrogens (primary N) is 1. The zero-order chi connectivity index (χ0) is 9.68. The Balaban J connectivity index is 2.53. The molecule has 1 unspecified atom stereocenters. The van der Waals surface area contributed by atoms with E-state index in [2.05, 4.69) is 0 Å². The van der Waals surface area contributed by atoms with Gasteiger partial charge in [-0.05, 0) is 12.0 Å². The van der Waals surface area contributed by atoms with Crippen molar-refractivity contribution in [2.75, 3.05) is 6.61 Å². The first-order valence-electron chi connectivity index (χ1n) is 4.33. The van der Waals surface area contributed by atoms with Crippen molar-refractivity contribution in [3.63, 3.8) is 0 Å². The maximum Gasteiger partial charge on any atom is 0.0789 e. The third-order valence-corrected chi connectivity index (χ3v) is 1.96. The Morgan fingerprint density at radius 3 is 2.38 bits per heavy atom. The molecule has 4 N–H and O–H groups in total. The second-order valence-electron chi connectivity index (χ2n) is 3.09. The number of benzene rings is 1. The van der Waals surface area contributed by atoms with Gasteiger partial charge in [0.2, 0.25) is 0 Å². The molecule has 0 radical (unpaired) electrons. The van der Waals surface area contributed by atoms with E-state index in [9.17, 15) is 0 Å². The molecular formula is C10H15NO2. The minimum absolute atomic E-state index is 0.205. The molecule has 0 bridgehead atoms. The Morgan fingerprint density at radius 2 is 1.85 bits per heavy atom. The Bertz CT molecular complexity index is 238. The predicted molar refractivity (Wildman–Crippen MR) is 51.1 cm³/mol. The van der Waals surface area contributed by atoms with Crippen LogP contribution in [-0.2, 0) is 0 Å². The van der Waals surface area contributed by atoms with Gasteiger partial charge >= 0.3 is 0 Å². The lowest BCUT2D eigenvalue weighted by molar-refractivity contribution is 0.0826. The zero-order valence-corrected chi connectivity index (χ0v) is 7.43. The van der Waals surface area contributed by atoms with Crippen molar-refractivity contribution < 1.29 is 10.2 Å². The van der Waals surface area contributed by atoms with Crippen LogP contribution in [0.5, 0.6) is 0 Å². The van der Waals surface area contributed by atoms with Gasteiger partial charge in [-0.1, -0.05) is 30.3 Å². The highest BCUT2D eigenvalue weighted by molar-refractivity contribution is 5.18. The van der Waals surface area contributed by atoms with Crippen LogP contribution in [0.25, 0.3) is 0 Å². The van der Waals surface area contributed by atoms with E-state index in [1.807, 2.05) is 30.3 Å². The smallest absolute Gasteiger partial charge is 0.0789 e. The summed E-state index contributed by atoms with van der Waals surface area (Å²) in [4.78, 5) is 0. The summed E-state index contributed by atoms with van der Waals surface area (Å²) in [5.74, 6) is 0. The Labute approximate surface area is 77.8 Å². The standard InChI is InChI=1S/C10H15NO2/c11-10(6-9(13)7-12)8-4-2-1-3-5-8/h1-5,9-10,12-13H,6-7,11H2/t9-,10?/m0/s1. The largest absolute Gasteiger partial charge is 0.394 e. The lowest BCUT2D eigenvalue weighted by Gasteiger charge is -2.14. The summed E-state index contributed by atoms with van der Waals surface area (Å²) in [6, 6.07) is 9.34. The number of aliphatic hydroxyl groups is 2. The Kier molecular flexibility index (Phi) is 3.89. The molecule has 0 aliphatic rings. The first-order valence-corrected chi connectivity index (χ1v) is 4.33. The van der Waals surface area contributed by atoms with Crippen molar-refractivity contribution in [3.05, 3.63) is 35.9 Å². The van der Waals surface area contributed by atoms with Gasteiger partial charge in [-0.2, -0.15) is 0 Å². The highest BCUT2D eigenvalue weighted by Crippen LogP contribution is 2.14. The predicted octanol–water partition coefficient (Wildman–Crippen LogP) is 0.430. The van der Waals surface area contributed by atoms with Crippen LogP contribution in [0.1, 0.15) is 18.0 Å². The SMILES string of the molecule is NC(C[C@H](O)CO)c1ccccc1. The summed E-state index contributed by atoms with van der Waals surface area (Å²) in [6.45, 7) is -0.236. The topological polar surface area (TPSA) is 66.5 Å². The average molecular weight is 181 g/mol. The van der Waals surface area contributed by atoms with Crippen molar-refractivity contribution in [3.8, 4) is 0 Å². The third kappa shape index (κ3) is 3.14. The van der Waals surface area contributed by atoms with Crippen LogP contribution in [0, 0.1) is 0 Å². The molecule has 0 aliphatic heterocycles. The van der Waals surface area contributed by atoms with E-state index in [-0.39, 0.29) is 12.6 Å². The molecule has 0 saturated heterocycles.